The van der Waals surface area contributed by atoms with Crippen molar-refractivity contribution in [1.82, 2.24) is 10.2 Å². The normalized spacial score (nSPS) is 20.2. The number of carbonyl (C=O) groups excluding carboxylic acids is 1. The number of nitrogens with one attached hydrogen (secondary N) is 1. The average Bonchev–Trinajstić information content (AvgIpc) is 2.92. The second-order valence-electron chi connectivity index (χ2n) is 5.39. The van der Waals surface area contributed by atoms with E-state index in [1.165, 1.54) is 6.42 Å². The van der Waals surface area contributed by atoms with Gasteiger partial charge in [-0.25, -0.2) is 0 Å². The van der Waals surface area contributed by atoms with Gasteiger partial charge < -0.3 is 10.1 Å². The first-order chi connectivity index (χ1) is 10.1. The van der Waals surface area contributed by atoms with Crippen LogP contribution in [0.15, 0.2) is 24.3 Å². The van der Waals surface area contributed by atoms with E-state index in [0.717, 1.165) is 19.5 Å². The quantitative estimate of drug-likeness (QED) is 0.878. The topological polar surface area (TPSA) is 41.6 Å². The molecule has 2 rings (SSSR count). The molecule has 0 spiro atoms. The summed E-state index contributed by atoms with van der Waals surface area (Å²) in [6, 6.07) is 7.54. The number of carbonyl (C=O) groups is 1. The third kappa shape index (κ3) is 4.61. The summed E-state index contributed by atoms with van der Waals surface area (Å²) in [7, 11) is 0. The molecule has 5 heteroatoms. The lowest BCUT2D eigenvalue weighted by Crippen LogP contribution is -2.44. The minimum Gasteiger partial charge on any atom is -0.481 e. The molecule has 0 aliphatic carbocycles. The van der Waals surface area contributed by atoms with Crippen molar-refractivity contribution in [2.75, 3.05) is 19.6 Å². The molecule has 0 unspecified atom stereocenters. The molecule has 1 amide bonds. The van der Waals surface area contributed by atoms with Crippen molar-refractivity contribution in [3.8, 4) is 5.75 Å². The maximum Gasteiger partial charge on any atom is 0.260 e. The predicted molar refractivity (Wildman–Crippen MR) is 84.8 cm³/mol. The third-order valence-electron chi connectivity index (χ3n) is 3.90. The molecule has 1 aromatic rings. The van der Waals surface area contributed by atoms with Crippen LogP contribution in [0.1, 0.15) is 26.7 Å². The van der Waals surface area contributed by atoms with Gasteiger partial charge in [0.2, 0.25) is 0 Å². The zero-order valence-corrected chi connectivity index (χ0v) is 13.4. The maximum atomic E-state index is 12.1. The van der Waals surface area contributed by atoms with Gasteiger partial charge in [-0.05, 0) is 51.1 Å². The highest BCUT2D eigenvalue weighted by atomic mass is 35.5. The van der Waals surface area contributed by atoms with Gasteiger partial charge in [0, 0.05) is 17.6 Å². The number of likely N-dealkylation sites (N-methyl/N-ethyl adjacent to an activating group) is 1. The van der Waals surface area contributed by atoms with Gasteiger partial charge in [-0.2, -0.15) is 0 Å². The molecule has 21 heavy (non-hydrogen) atoms. The summed E-state index contributed by atoms with van der Waals surface area (Å²) in [5.41, 5.74) is 0. The van der Waals surface area contributed by atoms with Gasteiger partial charge in [0.05, 0.1) is 0 Å². The Bertz CT molecular complexity index is 481. The number of amides is 1. The average molecular weight is 311 g/mol. The lowest BCUT2D eigenvalue weighted by atomic mass is 10.2. The number of likely N-dealkylation sites (tertiary alicyclic amines) is 1. The highest BCUT2D eigenvalue weighted by Gasteiger charge is 2.24. The van der Waals surface area contributed by atoms with Crippen LogP contribution in [0, 0.1) is 0 Å². The van der Waals surface area contributed by atoms with Crippen LogP contribution >= 0.6 is 11.6 Å². The van der Waals surface area contributed by atoms with Crippen molar-refractivity contribution in [1.29, 1.82) is 0 Å². The Morgan fingerprint density at radius 1 is 1.57 bits per heavy atom. The molecule has 1 aliphatic heterocycles. The van der Waals surface area contributed by atoms with Crippen LogP contribution in [-0.4, -0.2) is 42.6 Å². The first-order valence-electron chi connectivity index (χ1n) is 7.54. The second-order valence-corrected chi connectivity index (χ2v) is 5.82. The van der Waals surface area contributed by atoms with E-state index in [1.807, 2.05) is 0 Å². The molecular formula is C16H23ClN2O2. The molecule has 1 aromatic carbocycles. The van der Waals surface area contributed by atoms with Gasteiger partial charge in [-0.3, -0.25) is 9.69 Å². The minimum atomic E-state index is -0.528. The minimum absolute atomic E-state index is 0.0853. The molecule has 2 atom stereocenters. The van der Waals surface area contributed by atoms with Gasteiger partial charge in [0.25, 0.3) is 5.91 Å². The van der Waals surface area contributed by atoms with Crippen LogP contribution in [0.25, 0.3) is 0 Å². The Morgan fingerprint density at radius 3 is 3.10 bits per heavy atom. The molecule has 1 aliphatic rings. The van der Waals surface area contributed by atoms with Gasteiger partial charge >= 0.3 is 0 Å². The van der Waals surface area contributed by atoms with Crippen molar-refractivity contribution < 1.29 is 9.53 Å². The molecular weight excluding hydrogens is 288 g/mol. The lowest BCUT2D eigenvalue weighted by molar-refractivity contribution is -0.127. The Balaban J connectivity index is 1.80. The summed E-state index contributed by atoms with van der Waals surface area (Å²) in [4.78, 5) is 14.5. The Morgan fingerprint density at radius 2 is 2.38 bits per heavy atom. The van der Waals surface area contributed by atoms with Crippen molar-refractivity contribution in [2.45, 2.75) is 38.8 Å². The van der Waals surface area contributed by atoms with Gasteiger partial charge in [-0.1, -0.05) is 24.6 Å². The largest absolute Gasteiger partial charge is 0.481 e. The van der Waals surface area contributed by atoms with Crippen LogP contribution in [-0.2, 0) is 4.79 Å². The molecule has 0 bridgehead atoms. The monoisotopic (exact) mass is 310 g/mol. The van der Waals surface area contributed by atoms with E-state index in [4.69, 9.17) is 16.3 Å². The SMILES string of the molecule is CCN1CCC[C@H]1CNC(=O)[C@@H](C)Oc1cccc(Cl)c1. The fourth-order valence-electron chi connectivity index (χ4n) is 2.70. The van der Waals surface area contributed by atoms with Crippen molar-refractivity contribution in [3.63, 3.8) is 0 Å². The first-order valence-corrected chi connectivity index (χ1v) is 7.92. The number of ether oxygens (including phenoxy) is 1. The van der Waals surface area contributed by atoms with E-state index in [2.05, 4.69) is 17.1 Å². The number of benzene rings is 1. The molecule has 1 fully saturated rings. The number of nitrogens with zero attached hydrogens (tertiary/aromatic N) is 1. The summed E-state index contributed by atoms with van der Waals surface area (Å²) in [6.07, 6.45) is 1.83. The number of hydrogen-bond donors (Lipinski definition) is 1. The van der Waals surface area contributed by atoms with Crippen molar-refractivity contribution >= 4 is 17.5 Å². The van der Waals surface area contributed by atoms with Crippen LogP contribution in [0.3, 0.4) is 0 Å². The van der Waals surface area contributed by atoms with E-state index < -0.39 is 6.10 Å². The second kappa shape index (κ2) is 7.66. The van der Waals surface area contributed by atoms with E-state index in [1.54, 1.807) is 31.2 Å². The fourth-order valence-corrected chi connectivity index (χ4v) is 2.88. The lowest BCUT2D eigenvalue weighted by Gasteiger charge is -2.23. The zero-order chi connectivity index (χ0) is 15.2. The van der Waals surface area contributed by atoms with Crippen LogP contribution in [0.4, 0.5) is 0 Å². The molecule has 1 saturated heterocycles. The maximum absolute atomic E-state index is 12.1. The summed E-state index contributed by atoms with van der Waals surface area (Å²) >= 11 is 5.90. The van der Waals surface area contributed by atoms with Crippen LogP contribution < -0.4 is 10.1 Å². The summed E-state index contributed by atoms with van der Waals surface area (Å²) in [5.74, 6) is 0.527. The number of rotatable bonds is 6. The third-order valence-corrected chi connectivity index (χ3v) is 4.13. The highest BCUT2D eigenvalue weighted by Crippen LogP contribution is 2.19. The Kier molecular flexibility index (Phi) is 5.88. The number of halogens is 1. The molecule has 0 radical (unpaired) electrons. The number of hydrogen-bond acceptors (Lipinski definition) is 3. The molecule has 4 nitrogen and oxygen atoms in total. The van der Waals surface area contributed by atoms with Gasteiger partial charge in [0.1, 0.15) is 5.75 Å². The van der Waals surface area contributed by atoms with E-state index >= 15 is 0 Å². The van der Waals surface area contributed by atoms with E-state index in [0.29, 0.717) is 23.4 Å². The van der Waals surface area contributed by atoms with Gasteiger partial charge in [0.15, 0.2) is 6.10 Å². The van der Waals surface area contributed by atoms with Crippen LogP contribution in [0.5, 0.6) is 5.75 Å². The zero-order valence-electron chi connectivity index (χ0n) is 12.6. The Labute approximate surface area is 131 Å². The smallest absolute Gasteiger partial charge is 0.260 e. The van der Waals surface area contributed by atoms with Crippen molar-refractivity contribution in [3.05, 3.63) is 29.3 Å². The molecule has 1 heterocycles. The Hall–Kier alpha value is -1.26. The first kappa shape index (κ1) is 16.1. The summed E-state index contributed by atoms with van der Waals surface area (Å²) in [5, 5.41) is 3.59. The molecule has 116 valence electrons. The fraction of sp³-hybridized carbons (Fsp3) is 0.562. The highest BCUT2D eigenvalue weighted by molar-refractivity contribution is 6.30. The predicted octanol–water partition coefficient (Wildman–Crippen LogP) is 2.71. The van der Waals surface area contributed by atoms with Crippen molar-refractivity contribution in [2.24, 2.45) is 0 Å². The molecule has 0 saturated carbocycles. The van der Waals surface area contributed by atoms with Crippen LogP contribution in [0.2, 0.25) is 5.02 Å². The molecule has 1 N–H and O–H groups in total. The standard InChI is InChI=1S/C16H23ClN2O2/c1-3-19-9-5-7-14(19)11-18-16(20)12(2)21-15-8-4-6-13(17)10-15/h4,6,8,10,12,14H,3,5,7,9,11H2,1-2H3,(H,18,20)/t12-,14+/m1/s1. The van der Waals surface area contributed by atoms with E-state index in [-0.39, 0.29) is 5.91 Å². The summed E-state index contributed by atoms with van der Waals surface area (Å²) < 4.78 is 5.62. The van der Waals surface area contributed by atoms with E-state index in [9.17, 15) is 4.79 Å². The molecule has 0 aromatic heterocycles. The summed E-state index contributed by atoms with van der Waals surface area (Å²) in [6.45, 7) is 6.77. The van der Waals surface area contributed by atoms with Gasteiger partial charge in [-0.15, -0.1) is 0 Å².